The third-order valence-corrected chi connectivity index (χ3v) is 6.56. The van der Waals surface area contributed by atoms with Crippen molar-refractivity contribution in [3.63, 3.8) is 0 Å². The summed E-state index contributed by atoms with van der Waals surface area (Å²) in [6.45, 7) is 6.02. The average Bonchev–Trinajstić information content (AvgIpc) is 3.33. The van der Waals surface area contributed by atoms with E-state index in [2.05, 4.69) is 22.8 Å². The number of aliphatic hydroxyl groups is 1. The maximum Gasteiger partial charge on any atom is 0.338 e. The van der Waals surface area contributed by atoms with Crippen LogP contribution in [0.4, 0.5) is 5.95 Å². The number of carboxylic acids is 1. The Balaban J connectivity index is 1.81. The number of imidazole rings is 1. The number of fused-ring (bicyclic) bond motifs is 1. The number of nitrogens with zero attached hydrogens (tertiary/aromatic N) is 4. The number of anilines is 1. The Morgan fingerprint density at radius 2 is 2.06 bits per heavy atom. The largest absolute Gasteiger partial charge is 0.479 e. The molecular formula is C20H30N6O7S. The van der Waals surface area contributed by atoms with Crippen LogP contribution in [0, 0.1) is 11.8 Å². The van der Waals surface area contributed by atoms with Crippen LogP contribution in [-0.2, 0) is 19.1 Å². The fourth-order valence-corrected chi connectivity index (χ4v) is 4.27. The van der Waals surface area contributed by atoms with Crippen molar-refractivity contribution < 1.29 is 29.3 Å². The van der Waals surface area contributed by atoms with Crippen LogP contribution >= 0.6 is 12.8 Å². The molecule has 1 aliphatic rings. The first-order valence-corrected chi connectivity index (χ1v) is 11.1. The first kappa shape index (κ1) is 25.9. The number of nitrogens with two attached hydrogens (primary N) is 2. The Hall–Kier alpha value is -2.68. The lowest BCUT2D eigenvalue weighted by Gasteiger charge is -2.34. The second kappa shape index (κ2) is 9.17. The van der Waals surface area contributed by atoms with Crippen molar-refractivity contribution >= 4 is 41.9 Å². The van der Waals surface area contributed by atoms with Gasteiger partial charge in [-0.3, -0.25) is 9.36 Å². The highest BCUT2D eigenvalue weighted by atomic mass is 32.1. The Labute approximate surface area is 200 Å². The van der Waals surface area contributed by atoms with Crippen molar-refractivity contribution in [2.45, 2.75) is 64.0 Å². The van der Waals surface area contributed by atoms with E-state index in [4.69, 9.17) is 20.9 Å². The van der Waals surface area contributed by atoms with E-state index in [1.165, 1.54) is 20.2 Å². The number of hydrogen-bond acceptors (Lipinski definition) is 11. The second-order valence-electron chi connectivity index (χ2n) is 9.40. The molecule has 13 nitrogen and oxygen atoms in total. The molecule has 2 aromatic heterocycles. The molecule has 0 saturated carbocycles. The SMILES string of the molecule is CC(C)[C@](N)(C(=O)O)C(=O)OC(C)(C)CC1CC(n2cnc3c(=O)n(S)c(N)nc32)OC1CO. The number of nitrogen functional groups attached to an aromatic ring is 1. The third kappa shape index (κ3) is 4.50. The molecule has 34 heavy (non-hydrogen) atoms. The number of hydrogen-bond donors (Lipinski definition) is 5. The van der Waals surface area contributed by atoms with Gasteiger partial charge in [-0.05, 0) is 38.5 Å². The fourth-order valence-electron chi connectivity index (χ4n) is 4.13. The van der Waals surface area contributed by atoms with Crippen LogP contribution in [0.5, 0.6) is 0 Å². The summed E-state index contributed by atoms with van der Waals surface area (Å²) in [7, 11) is 0. The zero-order valence-electron chi connectivity index (χ0n) is 19.3. The van der Waals surface area contributed by atoms with E-state index in [0.717, 1.165) is 3.97 Å². The Kier molecular flexibility index (Phi) is 6.99. The number of thiol groups is 1. The first-order valence-electron chi connectivity index (χ1n) is 10.7. The lowest BCUT2D eigenvalue weighted by molar-refractivity contribution is -0.174. The van der Waals surface area contributed by atoms with Crippen LogP contribution in [-0.4, -0.2) is 64.5 Å². The zero-order chi connectivity index (χ0) is 25.6. The van der Waals surface area contributed by atoms with E-state index in [1.54, 1.807) is 18.4 Å². The van der Waals surface area contributed by atoms with Crippen molar-refractivity contribution in [1.82, 2.24) is 18.5 Å². The molecule has 4 atom stereocenters. The molecule has 2 aromatic rings. The number of carboxylic acid groups (broad SMARTS) is 1. The van der Waals surface area contributed by atoms with Gasteiger partial charge in [-0.2, -0.15) is 4.98 Å². The number of aromatic nitrogens is 4. The molecule has 1 saturated heterocycles. The summed E-state index contributed by atoms with van der Waals surface area (Å²) in [5.74, 6) is -3.61. The van der Waals surface area contributed by atoms with Gasteiger partial charge in [-0.15, -0.1) is 0 Å². The Morgan fingerprint density at radius 1 is 1.41 bits per heavy atom. The molecule has 1 aliphatic heterocycles. The molecule has 1 fully saturated rings. The first-order chi connectivity index (χ1) is 15.7. The van der Waals surface area contributed by atoms with Gasteiger partial charge in [0.15, 0.2) is 11.2 Å². The summed E-state index contributed by atoms with van der Waals surface area (Å²) in [5, 5.41) is 19.4. The van der Waals surface area contributed by atoms with Crippen LogP contribution in [0.2, 0.25) is 0 Å². The Morgan fingerprint density at radius 3 is 2.62 bits per heavy atom. The van der Waals surface area contributed by atoms with Gasteiger partial charge in [-0.1, -0.05) is 26.7 Å². The van der Waals surface area contributed by atoms with Gasteiger partial charge in [0.1, 0.15) is 11.8 Å². The molecule has 188 valence electrons. The monoisotopic (exact) mass is 498 g/mol. The van der Waals surface area contributed by atoms with Gasteiger partial charge in [-0.25, -0.2) is 18.5 Å². The van der Waals surface area contributed by atoms with Gasteiger partial charge in [0.2, 0.25) is 11.5 Å². The average molecular weight is 499 g/mol. The molecule has 14 heteroatoms. The summed E-state index contributed by atoms with van der Waals surface area (Å²) < 4.78 is 14.0. The molecule has 0 radical (unpaired) electrons. The van der Waals surface area contributed by atoms with Crippen molar-refractivity contribution in [2.75, 3.05) is 12.3 Å². The number of rotatable bonds is 8. The number of ether oxygens (including phenoxy) is 2. The minimum absolute atomic E-state index is 0.0627. The highest BCUT2D eigenvalue weighted by Crippen LogP contribution is 2.40. The number of carbonyl (C=O) groups excluding carboxylic acids is 1. The summed E-state index contributed by atoms with van der Waals surface area (Å²) in [5.41, 5.74) is 8.07. The van der Waals surface area contributed by atoms with Gasteiger partial charge in [0.25, 0.3) is 5.56 Å². The van der Waals surface area contributed by atoms with E-state index in [0.29, 0.717) is 6.42 Å². The van der Waals surface area contributed by atoms with Crippen molar-refractivity contribution in [3.8, 4) is 0 Å². The molecule has 0 bridgehead atoms. The van der Waals surface area contributed by atoms with Crippen LogP contribution in [0.3, 0.4) is 0 Å². The van der Waals surface area contributed by atoms with Crippen molar-refractivity contribution in [2.24, 2.45) is 17.6 Å². The molecule has 3 rings (SSSR count). The van der Waals surface area contributed by atoms with E-state index in [-0.39, 0.29) is 36.1 Å². The summed E-state index contributed by atoms with van der Waals surface area (Å²) >= 11 is 3.99. The van der Waals surface area contributed by atoms with Crippen LogP contribution in [0.25, 0.3) is 11.2 Å². The van der Waals surface area contributed by atoms with Crippen molar-refractivity contribution in [3.05, 3.63) is 16.7 Å². The standard InChI is InChI=1S/C20H30N6O7S/c1-9(2)20(22,16(29)30)17(31)33-19(3,4)6-10-5-12(32-11(10)7-27)25-8-23-13-14(25)24-18(21)26(34)15(13)28/h8-12,27,34H,5-7,22H2,1-4H3,(H2,21,24)(H,29,30)/t10?,11?,12?,20-/m0/s1. The molecule has 0 spiro atoms. The maximum atomic E-state index is 12.7. The van der Waals surface area contributed by atoms with Crippen molar-refractivity contribution in [1.29, 1.82) is 0 Å². The number of aliphatic hydroxyl groups excluding tert-OH is 1. The zero-order valence-corrected chi connectivity index (χ0v) is 20.2. The topological polar surface area (TPSA) is 198 Å². The highest BCUT2D eigenvalue weighted by molar-refractivity contribution is 7.78. The predicted octanol–water partition coefficient (Wildman–Crippen LogP) is -0.0859. The molecule has 6 N–H and O–H groups in total. The number of esters is 1. The highest BCUT2D eigenvalue weighted by Gasteiger charge is 2.49. The smallest absolute Gasteiger partial charge is 0.338 e. The fraction of sp³-hybridized carbons (Fsp3) is 0.650. The Bertz CT molecular complexity index is 1160. The van der Waals surface area contributed by atoms with E-state index in [9.17, 15) is 24.6 Å². The predicted molar refractivity (Wildman–Crippen MR) is 124 cm³/mol. The lowest BCUT2D eigenvalue weighted by atomic mass is 9.85. The number of carbonyl (C=O) groups is 2. The van der Waals surface area contributed by atoms with Crippen LogP contribution in [0.15, 0.2) is 11.1 Å². The van der Waals surface area contributed by atoms with Crippen LogP contribution < -0.4 is 17.0 Å². The molecule has 0 aromatic carbocycles. The summed E-state index contributed by atoms with van der Waals surface area (Å²) in [4.78, 5) is 45.0. The third-order valence-electron chi connectivity index (χ3n) is 6.18. The van der Waals surface area contributed by atoms with E-state index < -0.39 is 46.9 Å². The maximum absolute atomic E-state index is 12.7. The minimum atomic E-state index is -2.19. The van der Waals surface area contributed by atoms with Gasteiger partial charge >= 0.3 is 11.9 Å². The van der Waals surface area contributed by atoms with E-state index in [1.807, 2.05) is 0 Å². The normalized spacial score (nSPS) is 22.8. The van der Waals surface area contributed by atoms with Crippen LogP contribution in [0.1, 0.15) is 46.8 Å². The molecule has 0 amide bonds. The minimum Gasteiger partial charge on any atom is -0.479 e. The van der Waals surface area contributed by atoms with Gasteiger partial charge in [0, 0.05) is 0 Å². The molecule has 3 heterocycles. The van der Waals surface area contributed by atoms with Gasteiger partial charge < -0.3 is 31.2 Å². The summed E-state index contributed by atoms with van der Waals surface area (Å²) in [6.07, 6.45) is 0.788. The molecule has 3 unspecified atom stereocenters. The number of aliphatic carboxylic acids is 1. The lowest BCUT2D eigenvalue weighted by Crippen LogP contribution is -2.61. The van der Waals surface area contributed by atoms with Gasteiger partial charge in [0.05, 0.1) is 19.0 Å². The van der Waals surface area contributed by atoms with E-state index >= 15 is 0 Å². The molecule has 0 aliphatic carbocycles. The quantitative estimate of drug-likeness (QED) is 0.185. The second-order valence-corrected chi connectivity index (χ2v) is 9.80. The summed E-state index contributed by atoms with van der Waals surface area (Å²) in [6, 6.07) is 0. The molecular weight excluding hydrogens is 468 g/mol.